The van der Waals surface area contributed by atoms with Crippen LogP contribution in [-0.4, -0.2) is 60.2 Å². The van der Waals surface area contributed by atoms with Crippen LogP contribution in [0.25, 0.3) is 0 Å². The van der Waals surface area contributed by atoms with E-state index < -0.39 is 0 Å². The Morgan fingerprint density at radius 2 is 2.10 bits per heavy atom. The highest BCUT2D eigenvalue weighted by Crippen LogP contribution is 2.29. The summed E-state index contributed by atoms with van der Waals surface area (Å²) in [6, 6.07) is 10.0. The van der Waals surface area contributed by atoms with Crippen LogP contribution >= 0.6 is 0 Å². The molecule has 7 heteroatoms. The van der Waals surface area contributed by atoms with Crippen LogP contribution in [0.4, 0.5) is 11.5 Å². The van der Waals surface area contributed by atoms with Gasteiger partial charge in [-0.25, -0.2) is 4.98 Å². The Labute approximate surface area is 172 Å². The summed E-state index contributed by atoms with van der Waals surface area (Å²) in [4.78, 5) is 23.5. The van der Waals surface area contributed by atoms with Crippen LogP contribution in [0.2, 0.25) is 0 Å². The second kappa shape index (κ2) is 10.3. The fraction of sp³-hybridized carbons (Fsp3) is 0.500. The van der Waals surface area contributed by atoms with Crippen molar-refractivity contribution in [3.63, 3.8) is 0 Å². The van der Waals surface area contributed by atoms with Crippen molar-refractivity contribution in [2.45, 2.75) is 38.6 Å². The number of anilines is 2. The molecule has 3 rings (SSSR count). The minimum atomic E-state index is 0.0339. The highest BCUT2D eigenvalue weighted by atomic mass is 16.5. The zero-order chi connectivity index (χ0) is 20.6. The molecular formula is C22H31N5O2. The molecule has 0 saturated carbocycles. The van der Waals surface area contributed by atoms with Gasteiger partial charge in [0.2, 0.25) is 5.91 Å². The van der Waals surface area contributed by atoms with Gasteiger partial charge in [-0.15, -0.1) is 0 Å². The van der Waals surface area contributed by atoms with Crippen molar-refractivity contribution < 1.29 is 9.53 Å². The maximum atomic E-state index is 12.2. The lowest BCUT2D eigenvalue weighted by Gasteiger charge is -2.31. The molecule has 0 spiro atoms. The number of likely N-dealkylation sites (tertiary alicyclic amines) is 1. The highest BCUT2D eigenvalue weighted by Gasteiger charge is 2.23. The Hall–Kier alpha value is -2.51. The molecule has 7 nitrogen and oxygen atoms in total. The second-order valence-corrected chi connectivity index (χ2v) is 7.74. The monoisotopic (exact) mass is 397 g/mol. The molecule has 0 radical (unpaired) electrons. The third kappa shape index (κ3) is 6.51. The number of hydrogen-bond acceptors (Lipinski definition) is 6. The van der Waals surface area contributed by atoms with Crippen molar-refractivity contribution in [3.05, 3.63) is 47.9 Å². The average Bonchev–Trinajstić information content (AvgIpc) is 2.69. The van der Waals surface area contributed by atoms with Crippen LogP contribution in [0.3, 0.4) is 0 Å². The summed E-state index contributed by atoms with van der Waals surface area (Å²) >= 11 is 0. The minimum absolute atomic E-state index is 0.0339. The zero-order valence-electron chi connectivity index (χ0n) is 17.5. The van der Waals surface area contributed by atoms with Gasteiger partial charge in [-0.1, -0.05) is 6.07 Å². The predicted octanol–water partition coefficient (Wildman–Crippen LogP) is 2.86. The molecule has 0 aliphatic carbocycles. The minimum Gasteiger partial charge on any atom is -0.383 e. The van der Waals surface area contributed by atoms with Crippen LogP contribution < -0.4 is 10.6 Å². The van der Waals surface area contributed by atoms with Crippen LogP contribution in [0.5, 0.6) is 0 Å². The van der Waals surface area contributed by atoms with Gasteiger partial charge in [0.25, 0.3) is 0 Å². The Balaban J connectivity index is 1.54. The SMILES string of the molecule is COC[C@@H](C)NC(=O)CN1CCC(c2cc(Nc3ccccn3)cc(C)n2)CC1. The number of rotatable bonds is 8. The first kappa shape index (κ1) is 21.2. The lowest BCUT2D eigenvalue weighted by atomic mass is 9.92. The summed E-state index contributed by atoms with van der Waals surface area (Å²) in [5.41, 5.74) is 3.12. The van der Waals surface area contributed by atoms with Gasteiger partial charge in [-0.05, 0) is 64.0 Å². The Morgan fingerprint density at radius 3 is 2.79 bits per heavy atom. The molecule has 0 unspecified atom stereocenters. The first-order valence-electron chi connectivity index (χ1n) is 10.2. The first-order chi connectivity index (χ1) is 14.0. The van der Waals surface area contributed by atoms with Gasteiger partial charge < -0.3 is 15.4 Å². The maximum Gasteiger partial charge on any atom is 0.234 e. The van der Waals surface area contributed by atoms with Gasteiger partial charge in [0.15, 0.2) is 0 Å². The van der Waals surface area contributed by atoms with E-state index in [4.69, 9.17) is 9.72 Å². The summed E-state index contributed by atoms with van der Waals surface area (Å²) in [5, 5.41) is 6.34. The molecule has 1 saturated heterocycles. The second-order valence-electron chi connectivity index (χ2n) is 7.74. The zero-order valence-corrected chi connectivity index (χ0v) is 17.5. The topological polar surface area (TPSA) is 79.4 Å². The molecule has 0 aromatic carbocycles. The number of aryl methyl sites for hydroxylation is 1. The van der Waals surface area contributed by atoms with Crippen LogP contribution in [0.15, 0.2) is 36.5 Å². The summed E-state index contributed by atoms with van der Waals surface area (Å²) < 4.78 is 5.07. The molecule has 1 aliphatic rings. The molecule has 2 aromatic rings. The number of piperidine rings is 1. The molecule has 1 aliphatic heterocycles. The molecule has 1 atom stereocenters. The number of aromatic nitrogens is 2. The van der Waals surface area contributed by atoms with Crippen molar-refractivity contribution >= 4 is 17.4 Å². The van der Waals surface area contributed by atoms with Crippen molar-refractivity contribution in [1.29, 1.82) is 0 Å². The van der Waals surface area contributed by atoms with Gasteiger partial charge in [0, 0.05) is 42.3 Å². The first-order valence-corrected chi connectivity index (χ1v) is 10.2. The number of hydrogen-bond donors (Lipinski definition) is 2. The third-order valence-corrected chi connectivity index (χ3v) is 5.11. The third-order valence-electron chi connectivity index (χ3n) is 5.11. The molecule has 29 heavy (non-hydrogen) atoms. The van der Waals surface area contributed by atoms with E-state index in [0.717, 1.165) is 48.8 Å². The van der Waals surface area contributed by atoms with Crippen molar-refractivity contribution in [3.8, 4) is 0 Å². The Morgan fingerprint density at radius 1 is 1.31 bits per heavy atom. The number of amides is 1. The smallest absolute Gasteiger partial charge is 0.234 e. The summed E-state index contributed by atoms with van der Waals surface area (Å²) in [6.07, 6.45) is 3.78. The lowest BCUT2D eigenvalue weighted by molar-refractivity contribution is -0.123. The average molecular weight is 398 g/mol. The van der Waals surface area contributed by atoms with Crippen molar-refractivity contribution in [1.82, 2.24) is 20.2 Å². The molecule has 2 N–H and O–H groups in total. The molecule has 1 amide bonds. The van der Waals surface area contributed by atoms with E-state index in [2.05, 4.69) is 26.6 Å². The Kier molecular flexibility index (Phi) is 7.55. The number of nitrogens with zero attached hydrogens (tertiary/aromatic N) is 3. The van der Waals surface area contributed by atoms with Crippen LogP contribution in [0.1, 0.15) is 37.1 Å². The number of nitrogens with one attached hydrogen (secondary N) is 2. The fourth-order valence-corrected chi connectivity index (χ4v) is 3.76. The highest BCUT2D eigenvalue weighted by molar-refractivity contribution is 5.78. The molecule has 0 bridgehead atoms. The number of carbonyl (C=O) groups is 1. The van der Waals surface area contributed by atoms with Crippen molar-refractivity contribution in [2.75, 3.05) is 38.7 Å². The van der Waals surface area contributed by atoms with Gasteiger partial charge >= 0.3 is 0 Å². The predicted molar refractivity (Wildman–Crippen MR) is 114 cm³/mol. The van der Waals surface area contributed by atoms with Crippen LogP contribution in [-0.2, 0) is 9.53 Å². The van der Waals surface area contributed by atoms with E-state index in [1.165, 1.54) is 0 Å². The summed E-state index contributed by atoms with van der Waals surface area (Å²) in [7, 11) is 1.64. The largest absolute Gasteiger partial charge is 0.383 e. The summed E-state index contributed by atoms with van der Waals surface area (Å²) in [6.45, 7) is 6.74. The van der Waals surface area contributed by atoms with Gasteiger partial charge in [-0.2, -0.15) is 0 Å². The lowest BCUT2D eigenvalue weighted by Crippen LogP contribution is -2.44. The molecule has 156 valence electrons. The number of pyridine rings is 2. The molecule has 2 aromatic heterocycles. The number of carbonyl (C=O) groups excluding carboxylic acids is 1. The van der Waals surface area contributed by atoms with Gasteiger partial charge in [-0.3, -0.25) is 14.7 Å². The molecular weight excluding hydrogens is 366 g/mol. The van der Waals surface area contributed by atoms with E-state index in [-0.39, 0.29) is 11.9 Å². The number of methoxy groups -OCH3 is 1. The van der Waals surface area contributed by atoms with Crippen LogP contribution in [0, 0.1) is 6.92 Å². The van der Waals surface area contributed by atoms with E-state index in [1.54, 1.807) is 13.3 Å². The van der Waals surface area contributed by atoms with E-state index in [9.17, 15) is 4.79 Å². The summed E-state index contributed by atoms with van der Waals surface area (Å²) in [5.74, 6) is 1.29. The van der Waals surface area contributed by atoms with Crippen molar-refractivity contribution in [2.24, 2.45) is 0 Å². The normalized spacial score (nSPS) is 16.4. The standard InChI is InChI=1S/C22H31N5O2/c1-16-12-19(26-21-6-4-5-9-23-21)13-20(24-16)18-7-10-27(11-8-18)14-22(28)25-17(2)15-29-3/h4-6,9,12-13,17-18H,7-8,10-11,14-15H2,1-3H3,(H,25,28)(H,23,24,26)/t17-/m1/s1. The maximum absolute atomic E-state index is 12.2. The molecule has 3 heterocycles. The Bertz CT molecular complexity index is 791. The quantitative estimate of drug-likeness (QED) is 0.713. The van der Waals surface area contributed by atoms with E-state index >= 15 is 0 Å². The van der Waals surface area contributed by atoms with Gasteiger partial charge in [0.05, 0.1) is 13.2 Å². The fourth-order valence-electron chi connectivity index (χ4n) is 3.76. The van der Waals surface area contributed by atoms with E-state index in [1.807, 2.05) is 38.1 Å². The van der Waals surface area contributed by atoms with Gasteiger partial charge in [0.1, 0.15) is 5.82 Å². The van der Waals surface area contributed by atoms with E-state index in [0.29, 0.717) is 19.1 Å². The number of ether oxygens (including phenoxy) is 1. The molecule has 1 fully saturated rings.